The summed E-state index contributed by atoms with van der Waals surface area (Å²) in [7, 11) is 0. The topological polar surface area (TPSA) is 151 Å². The fourth-order valence-electron chi connectivity index (χ4n) is 5.02. The number of carboxylic acids is 1. The van der Waals surface area contributed by atoms with Gasteiger partial charge in [0.15, 0.2) is 11.4 Å². The van der Waals surface area contributed by atoms with E-state index in [1.54, 1.807) is 17.0 Å². The summed E-state index contributed by atoms with van der Waals surface area (Å²) >= 11 is 0. The van der Waals surface area contributed by atoms with Crippen LogP contribution in [0, 0.1) is 5.92 Å². The summed E-state index contributed by atoms with van der Waals surface area (Å²) in [6.07, 6.45) is 6.32. The van der Waals surface area contributed by atoms with Crippen molar-refractivity contribution < 1.29 is 24.0 Å². The van der Waals surface area contributed by atoms with Crippen LogP contribution in [0.5, 0.6) is 0 Å². The van der Waals surface area contributed by atoms with Crippen LogP contribution >= 0.6 is 0 Å². The lowest BCUT2D eigenvalue weighted by molar-refractivity contribution is -0.142. The van der Waals surface area contributed by atoms with Gasteiger partial charge in [-0.25, -0.2) is 0 Å². The number of anilines is 1. The van der Waals surface area contributed by atoms with Gasteiger partial charge in [-0.15, -0.1) is 0 Å². The summed E-state index contributed by atoms with van der Waals surface area (Å²) in [6, 6.07) is 4.31. The van der Waals surface area contributed by atoms with Gasteiger partial charge in [-0.3, -0.25) is 19.7 Å². The molecule has 2 heterocycles. The molecule has 178 valence electrons. The molecule has 2 fully saturated rings. The largest absolute Gasteiger partial charge is 0.480 e. The second kappa shape index (κ2) is 10.2. The van der Waals surface area contributed by atoms with Gasteiger partial charge in [0.2, 0.25) is 11.8 Å². The van der Waals surface area contributed by atoms with Gasteiger partial charge in [0.05, 0.1) is 18.0 Å². The smallest absolute Gasteiger partial charge is 0.317 e. The first-order valence-corrected chi connectivity index (χ1v) is 11.6. The van der Waals surface area contributed by atoms with Crippen molar-refractivity contribution in [3.63, 3.8) is 0 Å². The molecule has 5 N–H and O–H groups in total. The highest BCUT2D eigenvalue weighted by molar-refractivity contribution is 5.91. The number of likely N-dealkylation sites (tertiary alicyclic amines) is 1. The van der Waals surface area contributed by atoms with Crippen LogP contribution in [-0.4, -0.2) is 58.1 Å². The molecule has 1 saturated heterocycles. The Morgan fingerprint density at radius 2 is 1.97 bits per heavy atom. The Balaban J connectivity index is 1.41. The van der Waals surface area contributed by atoms with Gasteiger partial charge in [-0.1, -0.05) is 30.5 Å². The number of nitrogens with one attached hydrogen (secondary N) is 2. The van der Waals surface area contributed by atoms with Crippen LogP contribution in [-0.2, 0) is 20.9 Å². The molecule has 0 bridgehead atoms. The molecule has 10 nitrogen and oxygen atoms in total. The molecule has 1 saturated carbocycles. The minimum atomic E-state index is -0.996. The van der Waals surface area contributed by atoms with E-state index in [1.807, 2.05) is 6.07 Å². The molecule has 1 aliphatic heterocycles. The molecule has 2 amide bonds. The molecular weight excluding hydrogens is 426 g/mol. The third-order valence-electron chi connectivity index (χ3n) is 6.73. The summed E-state index contributed by atoms with van der Waals surface area (Å²) < 4.78 is 5.18. The number of carbonyl (C=O) groups excluding carboxylic acids is 2. The molecule has 33 heavy (non-hydrogen) atoms. The van der Waals surface area contributed by atoms with Crippen LogP contribution in [0.15, 0.2) is 22.7 Å². The van der Waals surface area contributed by atoms with E-state index >= 15 is 0 Å². The van der Waals surface area contributed by atoms with Crippen LogP contribution < -0.4 is 16.4 Å². The van der Waals surface area contributed by atoms with Crippen molar-refractivity contribution in [3.8, 4) is 0 Å². The highest BCUT2D eigenvalue weighted by atomic mass is 16.5. The molecular formula is C23H31N5O5. The summed E-state index contributed by atoms with van der Waals surface area (Å²) in [5, 5.41) is 19.5. The number of aliphatic carboxylic acids is 1. The van der Waals surface area contributed by atoms with Crippen molar-refractivity contribution in [1.82, 2.24) is 20.7 Å². The van der Waals surface area contributed by atoms with Gasteiger partial charge in [-0.2, -0.15) is 0 Å². The van der Waals surface area contributed by atoms with Gasteiger partial charge in [-0.05, 0) is 49.3 Å². The zero-order valence-electron chi connectivity index (χ0n) is 18.6. The second-order valence-electron chi connectivity index (χ2n) is 8.96. The molecule has 0 spiro atoms. The van der Waals surface area contributed by atoms with E-state index in [2.05, 4.69) is 15.8 Å². The standard InChI is InChI=1S/C23H31N5O5/c24-21-16-9-8-14(11-18(16)33-27-21)12-26-22(31)17-7-4-10-28(17)23(32)20(25-13-19(29)30)15-5-2-1-3-6-15/h8-9,11,15,17,20,25H,1-7,10,12-13H2,(H2,24,27)(H,26,31)(H,29,30)/t17-,20+/m0/s1. The Bertz CT molecular complexity index is 1020. The third kappa shape index (κ3) is 5.27. The van der Waals surface area contributed by atoms with Gasteiger partial charge in [0.25, 0.3) is 0 Å². The number of aromatic nitrogens is 1. The fourth-order valence-corrected chi connectivity index (χ4v) is 5.02. The minimum Gasteiger partial charge on any atom is -0.480 e. The van der Waals surface area contributed by atoms with Gasteiger partial charge < -0.3 is 25.6 Å². The minimum absolute atomic E-state index is 0.0935. The number of nitrogens with two attached hydrogens (primary N) is 1. The Morgan fingerprint density at radius 1 is 1.18 bits per heavy atom. The van der Waals surface area contributed by atoms with Gasteiger partial charge in [0, 0.05) is 13.1 Å². The van der Waals surface area contributed by atoms with Crippen molar-refractivity contribution in [2.75, 3.05) is 18.8 Å². The van der Waals surface area contributed by atoms with Crippen molar-refractivity contribution in [2.24, 2.45) is 5.92 Å². The highest BCUT2D eigenvalue weighted by Crippen LogP contribution is 2.29. The van der Waals surface area contributed by atoms with Crippen molar-refractivity contribution >= 4 is 34.6 Å². The van der Waals surface area contributed by atoms with Crippen LogP contribution in [0.4, 0.5) is 5.82 Å². The number of benzene rings is 1. The van der Waals surface area contributed by atoms with Crippen LogP contribution in [0.2, 0.25) is 0 Å². The first-order valence-electron chi connectivity index (χ1n) is 11.6. The van der Waals surface area contributed by atoms with E-state index in [4.69, 9.17) is 15.4 Å². The zero-order valence-corrected chi connectivity index (χ0v) is 18.6. The third-order valence-corrected chi connectivity index (χ3v) is 6.73. The van der Waals surface area contributed by atoms with E-state index < -0.39 is 18.1 Å². The average Bonchev–Trinajstić information content (AvgIpc) is 3.45. The van der Waals surface area contributed by atoms with Crippen molar-refractivity contribution in [1.29, 1.82) is 0 Å². The maximum Gasteiger partial charge on any atom is 0.317 e. The van der Waals surface area contributed by atoms with E-state index in [0.717, 1.165) is 49.5 Å². The number of rotatable bonds is 8. The molecule has 1 aromatic heterocycles. The lowest BCUT2D eigenvalue weighted by atomic mass is 9.83. The van der Waals surface area contributed by atoms with Crippen molar-refractivity contribution in [2.45, 2.75) is 63.6 Å². The SMILES string of the molecule is Nc1noc2cc(CNC(=O)[C@@H]3CCCN3C(=O)[C@H](NCC(=O)O)C3CCCCC3)ccc12. The Morgan fingerprint density at radius 3 is 2.73 bits per heavy atom. The number of amides is 2. The highest BCUT2D eigenvalue weighted by Gasteiger charge is 2.39. The lowest BCUT2D eigenvalue weighted by Gasteiger charge is -2.34. The average molecular weight is 458 g/mol. The molecule has 2 aromatic rings. The first-order chi connectivity index (χ1) is 15.9. The number of nitrogen functional groups attached to an aromatic ring is 1. The number of hydrogen-bond donors (Lipinski definition) is 4. The number of hydrogen-bond acceptors (Lipinski definition) is 7. The van der Waals surface area contributed by atoms with Crippen molar-refractivity contribution in [3.05, 3.63) is 23.8 Å². The molecule has 10 heteroatoms. The molecule has 2 atom stereocenters. The van der Waals surface area contributed by atoms with Crippen LogP contribution in [0.3, 0.4) is 0 Å². The van der Waals surface area contributed by atoms with Crippen LogP contribution in [0.25, 0.3) is 11.0 Å². The van der Waals surface area contributed by atoms with E-state index in [1.165, 1.54) is 0 Å². The normalized spacial score (nSPS) is 20.1. The monoisotopic (exact) mass is 457 g/mol. The summed E-state index contributed by atoms with van der Waals surface area (Å²) in [5.74, 6) is -0.955. The fraction of sp³-hybridized carbons (Fsp3) is 0.565. The summed E-state index contributed by atoms with van der Waals surface area (Å²) in [5.41, 5.74) is 7.13. The summed E-state index contributed by atoms with van der Waals surface area (Å²) in [6.45, 7) is 0.516. The van der Waals surface area contributed by atoms with Crippen LogP contribution in [0.1, 0.15) is 50.5 Å². The van der Waals surface area contributed by atoms with Gasteiger partial charge in [0.1, 0.15) is 6.04 Å². The maximum absolute atomic E-state index is 13.5. The molecule has 1 aliphatic carbocycles. The molecule has 1 aromatic carbocycles. The predicted molar refractivity (Wildman–Crippen MR) is 121 cm³/mol. The molecule has 4 rings (SSSR count). The zero-order chi connectivity index (χ0) is 23.4. The van der Waals surface area contributed by atoms with E-state index in [0.29, 0.717) is 24.4 Å². The Hall–Kier alpha value is -3.14. The predicted octanol–water partition coefficient (Wildman–Crippen LogP) is 1.64. The number of carboxylic acid groups (broad SMARTS) is 1. The maximum atomic E-state index is 13.5. The quantitative estimate of drug-likeness (QED) is 0.467. The summed E-state index contributed by atoms with van der Waals surface area (Å²) in [4.78, 5) is 39.2. The second-order valence-corrected chi connectivity index (χ2v) is 8.96. The molecule has 0 unspecified atom stereocenters. The van der Waals surface area contributed by atoms with E-state index in [9.17, 15) is 14.4 Å². The Kier molecular flexibility index (Phi) is 7.12. The number of carbonyl (C=O) groups is 3. The molecule has 2 aliphatic rings. The lowest BCUT2D eigenvalue weighted by Crippen LogP contribution is -2.55. The van der Waals surface area contributed by atoms with Gasteiger partial charge >= 0.3 is 5.97 Å². The number of nitrogens with zero attached hydrogens (tertiary/aromatic N) is 2. The number of fused-ring (bicyclic) bond motifs is 1. The van der Waals surface area contributed by atoms with E-state index in [-0.39, 0.29) is 30.8 Å². The first kappa shape index (κ1) is 23.0. The molecule has 0 radical (unpaired) electrons. The Labute approximate surface area is 191 Å².